The van der Waals surface area contributed by atoms with Crippen molar-refractivity contribution in [3.05, 3.63) is 84.8 Å². The van der Waals surface area contributed by atoms with E-state index in [1.54, 1.807) is 0 Å². The van der Waals surface area contributed by atoms with E-state index in [1.807, 2.05) is 0 Å². The Labute approximate surface area is 177 Å². The standard InChI is InChI=1S/C20H22ClF3N2O4/c1-14(26-19(28)13-29-12-6-8-17(21)16(3)22)10-11-25-18(27)9-5-4-7-15(2)30-20(23)24/h4-9,12,20H,1-3,10-11,13H2,(H,25,27)(H,26,28)/b7-4-,9-5+,12-6+,17-8+. The summed E-state index contributed by atoms with van der Waals surface area (Å²) in [5.41, 5.74) is 0.355. The molecule has 0 saturated carbocycles. The van der Waals surface area contributed by atoms with Gasteiger partial charge in [-0.05, 0) is 18.2 Å². The van der Waals surface area contributed by atoms with Gasteiger partial charge in [0.25, 0.3) is 5.91 Å². The zero-order valence-corrected chi connectivity index (χ0v) is 16.8. The molecule has 0 spiro atoms. The molecule has 0 fully saturated rings. The first-order valence-electron chi connectivity index (χ1n) is 8.34. The Balaban J connectivity index is 4.02. The van der Waals surface area contributed by atoms with Crippen LogP contribution in [0.5, 0.6) is 0 Å². The van der Waals surface area contributed by atoms with Crippen LogP contribution in [0.25, 0.3) is 0 Å². The summed E-state index contributed by atoms with van der Waals surface area (Å²) in [6.07, 6.45) is 8.92. The zero-order chi connectivity index (χ0) is 22.9. The van der Waals surface area contributed by atoms with Crippen LogP contribution < -0.4 is 10.6 Å². The van der Waals surface area contributed by atoms with Gasteiger partial charge in [0.1, 0.15) is 11.6 Å². The van der Waals surface area contributed by atoms with E-state index in [-0.39, 0.29) is 30.4 Å². The number of halogens is 4. The third kappa shape index (κ3) is 15.8. The summed E-state index contributed by atoms with van der Waals surface area (Å²) in [6, 6.07) is 0. The van der Waals surface area contributed by atoms with Crippen molar-refractivity contribution in [1.82, 2.24) is 10.6 Å². The van der Waals surface area contributed by atoms with Crippen LogP contribution in [0.2, 0.25) is 0 Å². The number of amides is 2. The maximum Gasteiger partial charge on any atom is 0.387 e. The third-order valence-electron chi connectivity index (χ3n) is 2.81. The highest BCUT2D eigenvalue weighted by Crippen LogP contribution is 2.13. The van der Waals surface area contributed by atoms with Crippen molar-refractivity contribution in [2.24, 2.45) is 0 Å². The Kier molecular flexibility index (Phi) is 14.0. The molecule has 0 rings (SSSR count). The Bertz CT molecular complexity index is 759. The van der Waals surface area contributed by atoms with Gasteiger partial charge in [0.2, 0.25) is 5.91 Å². The topological polar surface area (TPSA) is 76.7 Å². The fourth-order valence-electron chi connectivity index (χ4n) is 1.54. The summed E-state index contributed by atoms with van der Waals surface area (Å²) < 4.78 is 45.3. The summed E-state index contributed by atoms with van der Waals surface area (Å²) in [6.45, 7) is 6.82. The Morgan fingerprint density at radius 1 is 1.10 bits per heavy atom. The van der Waals surface area contributed by atoms with E-state index in [2.05, 4.69) is 35.1 Å². The molecule has 0 aromatic carbocycles. The predicted molar refractivity (Wildman–Crippen MR) is 109 cm³/mol. The predicted octanol–water partition coefficient (Wildman–Crippen LogP) is 4.12. The minimum absolute atomic E-state index is 0.188. The van der Waals surface area contributed by atoms with Gasteiger partial charge in [-0.3, -0.25) is 9.59 Å². The molecule has 0 unspecified atom stereocenters. The maximum atomic E-state index is 12.6. The summed E-state index contributed by atoms with van der Waals surface area (Å²) in [5, 5.41) is 4.83. The largest absolute Gasteiger partial charge is 0.491 e. The summed E-state index contributed by atoms with van der Waals surface area (Å²) >= 11 is 5.48. The van der Waals surface area contributed by atoms with E-state index < -0.39 is 24.3 Å². The second-order valence-electron chi connectivity index (χ2n) is 5.31. The number of carbonyl (C=O) groups excluding carboxylic acids is 2. The van der Waals surface area contributed by atoms with Gasteiger partial charge in [-0.1, -0.05) is 43.5 Å². The quantitative estimate of drug-likeness (QED) is 0.239. The number of hydrogen-bond acceptors (Lipinski definition) is 4. The van der Waals surface area contributed by atoms with Crippen LogP contribution in [0.3, 0.4) is 0 Å². The SMILES string of the molecule is C=C(CCNC(=O)/C=C/C=C\C(=C)OC(F)F)NC(=O)CO/C=C/C=C(/Cl)C(=C)F. The number of alkyl halides is 2. The molecule has 0 aliphatic heterocycles. The fourth-order valence-corrected chi connectivity index (χ4v) is 1.62. The maximum absolute atomic E-state index is 12.6. The van der Waals surface area contributed by atoms with E-state index in [1.165, 1.54) is 36.5 Å². The number of hydrogen-bond donors (Lipinski definition) is 2. The molecule has 2 N–H and O–H groups in total. The third-order valence-corrected chi connectivity index (χ3v) is 3.15. The van der Waals surface area contributed by atoms with Crippen LogP contribution in [-0.2, 0) is 19.1 Å². The van der Waals surface area contributed by atoms with Crippen molar-refractivity contribution >= 4 is 23.4 Å². The lowest BCUT2D eigenvalue weighted by atomic mass is 10.3. The second kappa shape index (κ2) is 15.7. The van der Waals surface area contributed by atoms with Gasteiger partial charge in [-0.2, -0.15) is 8.78 Å². The monoisotopic (exact) mass is 446 g/mol. The molecule has 30 heavy (non-hydrogen) atoms. The first kappa shape index (κ1) is 26.8. The lowest BCUT2D eigenvalue weighted by Crippen LogP contribution is -2.29. The molecular weight excluding hydrogens is 425 g/mol. The van der Waals surface area contributed by atoms with E-state index in [9.17, 15) is 22.8 Å². The molecule has 0 bridgehead atoms. The van der Waals surface area contributed by atoms with Gasteiger partial charge in [-0.25, -0.2) is 4.39 Å². The summed E-state index contributed by atoms with van der Waals surface area (Å²) in [5.74, 6) is -1.94. The average Bonchev–Trinajstić information content (AvgIpc) is 2.64. The van der Waals surface area contributed by atoms with Crippen molar-refractivity contribution in [3.8, 4) is 0 Å². The Morgan fingerprint density at radius 3 is 2.40 bits per heavy atom. The summed E-state index contributed by atoms with van der Waals surface area (Å²) in [4.78, 5) is 23.2. The van der Waals surface area contributed by atoms with E-state index in [0.29, 0.717) is 5.70 Å². The van der Waals surface area contributed by atoms with Crippen LogP contribution in [0.4, 0.5) is 13.2 Å². The molecule has 0 aliphatic carbocycles. The first-order chi connectivity index (χ1) is 14.1. The van der Waals surface area contributed by atoms with E-state index in [4.69, 9.17) is 16.3 Å². The van der Waals surface area contributed by atoms with Gasteiger partial charge < -0.3 is 20.1 Å². The molecule has 0 aliphatic rings. The van der Waals surface area contributed by atoms with Crippen molar-refractivity contribution in [3.63, 3.8) is 0 Å². The number of nitrogens with one attached hydrogen (secondary N) is 2. The zero-order valence-electron chi connectivity index (χ0n) is 16.0. The van der Waals surface area contributed by atoms with Crippen LogP contribution >= 0.6 is 11.6 Å². The highest BCUT2D eigenvalue weighted by molar-refractivity contribution is 6.31. The molecule has 6 nitrogen and oxygen atoms in total. The van der Waals surface area contributed by atoms with Gasteiger partial charge in [0.05, 0.1) is 11.3 Å². The minimum atomic E-state index is -2.96. The average molecular weight is 447 g/mol. The van der Waals surface area contributed by atoms with Crippen LogP contribution in [0.15, 0.2) is 84.8 Å². The van der Waals surface area contributed by atoms with Crippen molar-refractivity contribution < 1.29 is 32.2 Å². The molecule has 10 heteroatoms. The molecule has 164 valence electrons. The Morgan fingerprint density at radius 2 is 1.77 bits per heavy atom. The molecule has 0 saturated heterocycles. The fraction of sp³-hybridized carbons (Fsp3) is 0.200. The highest BCUT2D eigenvalue weighted by atomic mass is 35.5. The molecule has 0 aromatic heterocycles. The molecule has 0 aromatic rings. The van der Waals surface area contributed by atoms with Gasteiger partial charge in [0.15, 0.2) is 6.61 Å². The smallest absolute Gasteiger partial charge is 0.387 e. The number of allylic oxidation sites excluding steroid dienone is 7. The van der Waals surface area contributed by atoms with Crippen molar-refractivity contribution in [2.45, 2.75) is 13.0 Å². The first-order valence-corrected chi connectivity index (χ1v) is 8.72. The van der Waals surface area contributed by atoms with E-state index >= 15 is 0 Å². The Hall–Kier alpha value is -3.20. The van der Waals surface area contributed by atoms with Gasteiger partial charge >= 0.3 is 6.61 Å². The number of rotatable bonds is 14. The van der Waals surface area contributed by atoms with Crippen LogP contribution in [0.1, 0.15) is 6.42 Å². The van der Waals surface area contributed by atoms with Crippen molar-refractivity contribution in [1.29, 1.82) is 0 Å². The van der Waals surface area contributed by atoms with Gasteiger partial charge in [-0.15, -0.1) is 0 Å². The van der Waals surface area contributed by atoms with Gasteiger partial charge in [0, 0.05) is 24.7 Å². The number of carbonyl (C=O) groups is 2. The summed E-state index contributed by atoms with van der Waals surface area (Å²) in [7, 11) is 0. The molecule has 0 atom stereocenters. The normalized spacial score (nSPS) is 11.8. The van der Waals surface area contributed by atoms with E-state index in [0.717, 1.165) is 6.26 Å². The highest BCUT2D eigenvalue weighted by Gasteiger charge is 2.04. The lowest BCUT2D eigenvalue weighted by Gasteiger charge is -2.08. The van der Waals surface area contributed by atoms with Crippen molar-refractivity contribution in [2.75, 3.05) is 13.2 Å². The minimum Gasteiger partial charge on any atom is -0.491 e. The second-order valence-corrected chi connectivity index (χ2v) is 5.72. The molecular formula is C20H22ClF3N2O4. The number of ether oxygens (including phenoxy) is 2. The van der Waals surface area contributed by atoms with Crippen LogP contribution in [0, 0.1) is 0 Å². The molecule has 2 amide bonds. The lowest BCUT2D eigenvalue weighted by molar-refractivity contribution is -0.123. The molecule has 0 heterocycles. The van der Waals surface area contributed by atoms with Crippen LogP contribution in [-0.4, -0.2) is 31.6 Å². The molecule has 0 radical (unpaired) electrons.